The molecule has 0 saturated carbocycles. The third-order valence-electron chi connectivity index (χ3n) is 5.05. The normalized spacial score (nSPS) is 14.1. The number of aromatic nitrogens is 1. The summed E-state index contributed by atoms with van der Waals surface area (Å²) < 4.78 is 12.3. The molecule has 0 spiro atoms. The van der Waals surface area contributed by atoms with Crippen molar-refractivity contribution in [2.75, 3.05) is 44.8 Å². The first-order chi connectivity index (χ1) is 16.1. The number of nitrogens with one attached hydrogen (secondary N) is 2. The van der Waals surface area contributed by atoms with Gasteiger partial charge in [0.05, 0.1) is 13.2 Å². The van der Waals surface area contributed by atoms with Crippen molar-refractivity contribution in [3.63, 3.8) is 0 Å². The molecular weight excluding hydrogens is 456 g/mol. The minimum Gasteiger partial charge on any atom is -0.492 e. The molecule has 0 unspecified atom stereocenters. The maximum Gasteiger partial charge on any atom is 0.319 e. The summed E-state index contributed by atoms with van der Waals surface area (Å²) in [5.74, 6) is 0.812. The molecule has 1 aliphatic rings. The van der Waals surface area contributed by atoms with Crippen LogP contribution in [0.5, 0.6) is 5.75 Å². The average Bonchev–Trinajstić information content (AvgIpc) is 3.24. The highest BCUT2D eigenvalue weighted by molar-refractivity contribution is 8.01. The maximum absolute atomic E-state index is 12.3. The molecule has 1 saturated heterocycles. The number of rotatable bonds is 9. The second-order valence-corrected chi connectivity index (χ2v) is 9.82. The Morgan fingerprint density at radius 3 is 2.79 bits per heavy atom. The number of amides is 2. The van der Waals surface area contributed by atoms with E-state index in [1.807, 2.05) is 60.8 Å². The van der Waals surface area contributed by atoms with E-state index in [0.29, 0.717) is 13.2 Å². The Balaban J connectivity index is 1.19. The van der Waals surface area contributed by atoms with Gasteiger partial charge >= 0.3 is 6.03 Å². The number of anilines is 1. The van der Waals surface area contributed by atoms with Gasteiger partial charge in [-0.3, -0.25) is 4.90 Å². The lowest BCUT2D eigenvalue weighted by molar-refractivity contribution is 0.0322. The maximum atomic E-state index is 12.3. The van der Waals surface area contributed by atoms with Crippen molar-refractivity contribution in [3.8, 4) is 5.75 Å². The van der Waals surface area contributed by atoms with Gasteiger partial charge in [-0.25, -0.2) is 9.78 Å². The molecule has 2 heterocycles. The number of nitrogens with zero attached hydrogens (tertiary/aromatic N) is 2. The number of hydrogen-bond acceptors (Lipinski definition) is 7. The number of carbonyl (C=O) groups is 1. The molecule has 2 N–H and O–H groups in total. The number of aryl methyl sites for hydroxylation is 1. The van der Waals surface area contributed by atoms with Gasteiger partial charge in [-0.1, -0.05) is 23.9 Å². The molecule has 0 atom stereocenters. The van der Waals surface area contributed by atoms with Crippen molar-refractivity contribution in [1.29, 1.82) is 0 Å². The van der Waals surface area contributed by atoms with Crippen molar-refractivity contribution in [2.24, 2.45) is 0 Å². The molecule has 1 aromatic heterocycles. The summed E-state index contributed by atoms with van der Waals surface area (Å²) in [5, 5.41) is 7.81. The van der Waals surface area contributed by atoms with Gasteiger partial charge in [-0.15, -0.1) is 11.3 Å². The Bertz CT molecular complexity index is 1040. The molecule has 4 rings (SSSR count). The van der Waals surface area contributed by atoms with Gasteiger partial charge in [-0.2, -0.15) is 0 Å². The summed E-state index contributed by atoms with van der Waals surface area (Å²) in [7, 11) is 0. The van der Waals surface area contributed by atoms with Gasteiger partial charge in [0.25, 0.3) is 0 Å². The van der Waals surface area contributed by atoms with E-state index in [-0.39, 0.29) is 6.03 Å². The minimum atomic E-state index is -0.246. The van der Waals surface area contributed by atoms with Crippen LogP contribution in [0.2, 0.25) is 0 Å². The first-order valence-corrected chi connectivity index (χ1v) is 12.6. The molecule has 0 aliphatic carbocycles. The number of hydrogen-bond donors (Lipinski definition) is 2. The van der Waals surface area contributed by atoms with Crippen molar-refractivity contribution in [2.45, 2.75) is 22.7 Å². The molecule has 0 bridgehead atoms. The lowest BCUT2D eigenvalue weighted by Crippen LogP contribution is -2.38. The standard InChI is InChI=1S/C24H28N4O3S2/c1-18-17-32-24(26-18)33-22-7-5-20(6-8-22)27-23(29)25-16-19-3-2-4-21(15-19)31-14-11-28-9-12-30-13-10-28/h2-8,15,17H,9-14,16H2,1H3,(H2,25,27,29). The highest BCUT2D eigenvalue weighted by atomic mass is 32.2. The molecule has 1 fully saturated rings. The Kier molecular flexibility index (Phi) is 8.59. The van der Waals surface area contributed by atoms with Crippen LogP contribution in [0.15, 0.2) is 63.1 Å². The average molecular weight is 485 g/mol. The minimum absolute atomic E-state index is 0.246. The second kappa shape index (κ2) is 12.0. The van der Waals surface area contributed by atoms with Crippen LogP contribution in [0, 0.1) is 6.92 Å². The molecule has 7 nitrogen and oxygen atoms in total. The van der Waals surface area contributed by atoms with Gasteiger partial charge in [0, 0.05) is 47.8 Å². The van der Waals surface area contributed by atoms with E-state index in [1.54, 1.807) is 23.1 Å². The smallest absolute Gasteiger partial charge is 0.319 e. The zero-order valence-corrected chi connectivity index (χ0v) is 20.2. The van der Waals surface area contributed by atoms with E-state index >= 15 is 0 Å². The van der Waals surface area contributed by atoms with Crippen LogP contribution in [-0.4, -0.2) is 55.4 Å². The Morgan fingerprint density at radius 1 is 1.21 bits per heavy atom. The first-order valence-electron chi connectivity index (χ1n) is 10.9. The third kappa shape index (κ3) is 7.75. The number of morpholine rings is 1. The molecule has 9 heteroatoms. The topological polar surface area (TPSA) is 75.7 Å². The van der Waals surface area contributed by atoms with Gasteiger partial charge < -0.3 is 20.1 Å². The second-order valence-electron chi connectivity index (χ2n) is 7.64. The predicted molar refractivity (Wildman–Crippen MR) is 132 cm³/mol. The van der Waals surface area contributed by atoms with E-state index < -0.39 is 0 Å². The molecular formula is C24H28N4O3S2. The largest absolute Gasteiger partial charge is 0.492 e. The number of thiazole rings is 1. The fraction of sp³-hybridized carbons (Fsp3) is 0.333. The number of ether oxygens (including phenoxy) is 2. The number of benzene rings is 2. The Labute approximate surface area is 202 Å². The number of urea groups is 1. The van der Waals surface area contributed by atoms with Crippen LogP contribution in [0.25, 0.3) is 0 Å². The fourth-order valence-corrected chi connectivity index (χ4v) is 5.12. The lowest BCUT2D eigenvalue weighted by atomic mass is 10.2. The lowest BCUT2D eigenvalue weighted by Gasteiger charge is -2.26. The van der Waals surface area contributed by atoms with Crippen molar-refractivity contribution in [1.82, 2.24) is 15.2 Å². The van der Waals surface area contributed by atoms with Crippen molar-refractivity contribution >= 4 is 34.8 Å². The Hall–Kier alpha value is -2.59. The molecule has 2 aromatic carbocycles. The van der Waals surface area contributed by atoms with Crippen molar-refractivity contribution in [3.05, 3.63) is 65.2 Å². The first kappa shape index (κ1) is 23.6. The molecule has 2 amide bonds. The molecule has 1 aliphatic heterocycles. The zero-order chi connectivity index (χ0) is 22.9. The zero-order valence-electron chi connectivity index (χ0n) is 18.6. The van der Waals surface area contributed by atoms with E-state index in [4.69, 9.17) is 9.47 Å². The summed E-state index contributed by atoms with van der Waals surface area (Å²) in [4.78, 5) is 20.2. The summed E-state index contributed by atoms with van der Waals surface area (Å²) >= 11 is 3.25. The van der Waals surface area contributed by atoms with Gasteiger partial charge in [0.1, 0.15) is 12.4 Å². The van der Waals surface area contributed by atoms with Crippen LogP contribution in [0.4, 0.5) is 10.5 Å². The molecule has 0 radical (unpaired) electrons. The fourth-order valence-electron chi connectivity index (χ4n) is 3.31. The van der Waals surface area contributed by atoms with Crippen LogP contribution in [0.1, 0.15) is 11.3 Å². The Morgan fingerprint density at radius 2 is 2.03 bits per heavy atom. The SMILES string of the molecule is Cc1csc(Sc2ccc(NC(=O)NCc3cccc(OCCN4CCOCC4)c3)cc2)n1. The van der Waals surface area contributed by atoms with Crippen LogP contribution in [-0.2, 0) is 11.3 Å². The van der Waals surface area contributed by atoms with Crippen LogP contribution >= 0.6 is 23.1 Å². The van der Waals surface area contributed by atoms with Crippen LogP contribution < -0.4 is 15.4 Å². The molecule has 174 valence electrons. The third-order valence-corrected chi connectivity index (χ3v) is 7.11. The van der Waals surface area contributed by atoms with E-state index in [0.717, 1.165) is 64.8 Å². The monoisotopic (exact) mass is 484 g/mol. The summed E-state index contributed by atoms with van der Waals surface area (Å²) in [6.07, 6.45) is 0. The van der Waals surface area contributed by atoms with E-state index in [9.17, 15) is 4.79 Å². The van der Waals surface area contributed by atoms with Crippen molar-refractivity contribution < 1.29 is 14.3 Å². The van der Waals surface area contributed by atoms with Gasteiger partial charge in [0.2, 0.25) is 0 Å². The highest BCUT2D eigenvalue weighted by Crippen LogP contribution is 2.30. The summed E-state index contributed by atoms with van der Waals surface area (Å²) in [5.41, 5.74) is 2.76. The summed E-state index contributed by atoms with van der Waals surface area (Å²) in [6, 6.07) is 15.3. The summed E-state index contributed by atoms with van der Waals surface area (Å²) in [6.45, 7) is 7.41. The quantitative estimate of drug-likeness (QED) is 0.461. The van der Waals surface area contributed by atoms with Gasteiger partial charge in [0.15, 0.2) is 4.34 Å². The van der Waals surface area contributed by atoms with E-state index in [1.165, 1.54) is 0 Å². The predicted octanol–water partition coefficient (Wildman–Crippen LogP) is 4.64. The molecule has 3 aromatic rings. The number of carbonyl (C=O) groups excluding carboxylic acids is 1. The highest BCUT2D eigenvalue weighted by Gasteiger charge is 2.10. The van der Waals surface area contributed by atoms with Crippen LogP contribution in [0.3, 0.4) is 0 Å². The molecule has 33 heavy (non-hydrogen) atoms. The van der Waals surface area contributed by atoms with Gasteiger partial charge in [-0.05, 0) is 48.9 Å². The van der Waals surface area contributed by atoms with E-state index in [2.05, 4.69) is 20.5 Å².